The number of carbonyl (C=O) groups excluding carboxylic acids is 2. The largest absolute Gasteiger partial charge is 0.371 e. The quantitative estimate of drug-likeness (QED) is 0.626. The summed E-state index contributed by atoms with van der Waals surface area (Å²) in [5.74, 6) is -0.768. The van der Waals surface area contributed by atoms with Gasteiger partial charge in [0.05, 0.1) is 5.69 Å². The fourth-order valence-corrected chi connectivity index (χ4v) is 8.28. The molecule has 188 valence electrons. The molecule has 4 fully saturated rings. The van der Waals surface area contributed by atoms with Gasteiger partial charge in [-0.1, -0.05) is 13.8 Å². The summed E-state index contributed by atoms with van der Waals surface area (Å²) < 4.78 is 30.6. The van der Waals surface area contributed by atoms with E-state index in [2.05, 4.69) is 28.5 Å². The fraction of sp³-hybridized carbons (Fsp3) is 0.654. The Balaban J connectivity index is 1.35. The van der Waals surface area contributed by atoms with Crippen molar-refractivity contribution < 1.29 is 18.0 Å². The minimum Gasteiger partial charge on any atom is -0.371 e. The third-order valence-corrected chi connectivity index (χ3v) is 10.1. The lowest BCUT2D eigenvalue weighted by atomic mass is 9.73. The van der Waals surface area contributed by atoms with E-state index in [1.54, 1.807) is 12.1 Å². The first-order valence-corrected chi connectivity index (χ1v) is 14.5. The SMILES string of the molecule is CC(C)CCN1C(=O)C(C2=NS(=O)(=O)c3cc(N4CCCC4)ccc3N2)C(=O)[C@@H]2[C@H]3CC[C@H](C3)[C@@H]21. The highest BCUT2D eigenvalue weighted by Gasteiger charge is 2.60. The molecule has 8 nitrogen and oxygen atoms in total. The van der Waals surface area contributed by atoms with E-state index in [9.17, 15) is 18.0 Å². The molecular formula is C26H34N4O4S. The van der Waals surface area contributed by atoms with Gasteiger partial charge in [-0.2, -0.15) is 8.42 Å². The molecule has 0 aromatic heterocycles. The highest BCUT2D eigenvalue weighted by atomic mass is 32.2. The number of nitrogens with one attached hydrogen (secondary N) is 1. The van der Waals surface area contributed by atoms with E-state index in [1.807, 2.05) is 11.0 Å². The third kappa shape index (κ3) is 3.69. The molecule has 5 atom stereocenters. The number of piperidine rings is 1. The van der Waals surface area contributed by atoms with Crippen molar-refractivity contribution in [2.45, 2.75) is 63.3 Å². The smallest absolute Gasteiger partial charge is 0.286 e. The Kier molecular flexibility index (Phi) is 5.47. The predicted molar refractivity (Wildman–Crippen MR) is 134 cm³/mol. The maximum absolute atomic E-state index is 13.8. The maximum atomic E-state index is 13.8. The molecular weight excluding hydrogens is 464 g/mol. The Morgan fingerprint density at radius 2 is 1.86 bits per heavy atom. The van der Waals surface area contributed by atoms with Crippen molar-refractivity contribution in [2.24, 2.45) is 34.0 Å². The number of hydrogen-bond donors (Lipinski definition) is 1. The molecule has 0 spiro atoms. The van der Waals surface area contributed by atoms with Gasteiger partial charge < -0.3 is 15.1 Å². The number of nitrogens with zero attached hydrogens (tertiary/aromatic N) is 3. The molecule has 35 heavy (non-hydrogen) atoms. The van der Waals surface area contributed by atoms with Crippen LogP contribution in [0.3, 0.4) is 0 Å². The van der Waals surface area contributed by atoms with Crippen molar-refractivity contribution >= 4 is 38.9 Å². The highest BCUT2D eigenvalue weighted by molar-refractivity contribution is 7.90. The van der Waals surface area contributed by atoms with Gasteiger partial charge in [-0.3, -0.25) is 9.59 Å². The molecule has 2 bridgehead atoms. The highest BCUT2D eigenvalue weighted by Crippen LogP contribution is 2.54. The first-order chi connectivity index (χ1) is 16.7. The second kappa shape index (κ2) is 8.32. The standard InChI is InChI=1S/C26H34N4O4S/c1-15(2)9-12-30-23-17-6-5-16(13-17)21(23)24(31)22(26(30)32)25-27-19-8-7-18(29-10-3-4-11-29)14-20(19)35(33,34)28-25/h7-8,14-17,21-23H,3-6,9-13H2,1-2H3,(H,27,28)/t16-,17+,21+,22?,23-/m0/s1. The molecule has 1 unspecified atom stereocenters. The number of carbonyl (C=O) groups is 2. The average Bonchev–Trinajstić information content (AvgIpc) is 3.56. The number of likely N-dealkylation sites (tertiary alicyclic amines) is 1. The Hall–Kier alpha value is -2.42. The van der Waals surface area contributed by atoms with Crippen molar-refractivity contribution in [3.05, 3.63) is 18.2 Å². The second-order valence-electron chi connectivity index (χ2n) is 11.4. The van der Waals surface area contributed by atoms with Crippen LogP contribution in [0.15, 0.2) is 27.5 Å². The molecule has 6 rings (SSSR count). The van der Waals surface area contributed by atoms with Gasteiger partial charge in [-0.05, 0) is 74.5 Å². The third-order valence-electron chi connectivity index (χ3n) is 8.79. The molecule has 3 heterocycles. The molecule has 1 aromatic carbocycles. The van der Waals surface area contributed by atoms with Crippen LogP contribution < -0.4 is 10.2 Å². The number of amidine groups is 1. The summed E-state index contributed by atoms with van der Waals surface area (Å²) in [6.45, 7) is 6.66. The normalized spacial score (nSPS) is 33.1. The van der Waals surface area contributed by atoms with Gasteiger partial charge in [-0.25, -0.2) is 0 Å². The first kappa shape index (κ1) is 23.0. The number of benzene rings is 1. The van der Waals surface area contributed by atoms with E-state index in [1.165, 1.54) is 0 Å². The Morgan fingerprint density at radius 1 is 1.11 bits per heavy atom. The van der Waals surface area contributed by atoms with Crippen LogP contribution in [0.25, 0.3) is 0 Å². The van der Waals surface area contributed by atoms with Crippen LogP contribution in [0.1, 0.15) is 52.4 Å². The van der Waals surface area contributed by atoms with E-state index in [-0.39, 0.29) is 40.3 Å². The minimum atomic E-state index is -4.04. The van der Waals surface area contributed by atoms with Crippen molar-refractivity contribution in [1.29, 1.82) is 0 Å². The fourth-order valence-electron chi connectivity index (χ4n) is 7.11. The first-order valence-electron chi connectivity index (χ1n) is 13.1. The van der Waals surface area contributed by atoms with E-state index in [0.29, 0.717) is 24.1 Å². The number of rotatable bonds is 5. The minimum absolute atomic E-state index is 0.0304. The molecule has 2 saturated heterocycles. The number of amides is 1. The molecule has 5 aliphatic rings. The molecule has 3 aliphatic heterocycles. The van der Waals surface area contributed by atoms with Gasteiger partial charge in [0.25, 0.3) is 10.0 Å². The van der Waals surface area contributed by atoms with E-state index < -0.39 is 15.9 Å². The Bertz CT molecular complexity index is 1200. The zero-order valence-electron chi connectivity index (χ0n) is 20.4. The molecule has 0 radical (unpaired) electrons. The summed E-state index contributed by atoms with van der Waals surface area (Å²) in [6, 6.07) is 5.26. The van der Waals surface area contributed by atoms with Gasteiger partial charge in [0.15, 0.2) is 11.7 Å². The van der Waals surface area contributed by atoms with Crippen molar-refractivity contribution in [3.8, 4) is 0 Å². The molecule has 2 aliphatic carbocycles. The summed E-state index contributed by atoms with van der Waals surface area (Å²) >= 11 is 0. The van der Waals surface area contributed by atoms with Gasteiger partial charge in [0.2, 0.25) is 5.91 Å². The summed E-state index contributed by atoms with van der Waals surface area (Å²) in [4.78, 5) is 31.8. The summed E-state index contributed by atoms with van der Waals surface area (Å²) in [5.41, 5.74) is 1.25. The summed E-state index contributed by atoms with van der Waals surface area (Å²) in [7, 11) is -4.04. The van der Waals surface area contributed by atoms with Crippen LogP contribution in [-0.4, -0.2) is 56.5 Å². The topological polar surface area (TPSA) is 99.2 Å². The Labute approximate surface area is 207 Å². The number of anilines is 2. The number of sulfonamides is 1. The van der Waals surface area contributed by atoms with Crippen LogP contribution in [0.5, 0.6) is 0 Å². The van der Waals surface area contributed by atoms with Gasteiger partial charge in [0, 0.05) is 37.3 Å². The van der Waals surface area contributed by atoms with Crippen molar-refractivity contribution in [2.75, 3.05) is 29.9 Å². The lowest BCUT2D eigenvalue weighted by Crippen LogP contribution is -2.62. The maximum Gasteiger partial charge on any atom is 0.286 e. The van der Waals surface area contributed by atoms with E-state index >= 15 is 0 Å². The molecule has 1 N–H and O–H groups in total. The van der Waals surface area contributed by atoms with Crippen LogP contribution in [0.2, 0.25) is 0 Å². The number of hydrogen-bond acceptors (Lipinski definition) is 6. The molecule has 1 aromatic rings. The van der Waals surface area contributed by atoms with Crippen LogP contribution >= 0.6 is 0 Å². The predicted octanol–water partition coefficient (Wildman–Crippen LogP) is 3.29. The zero-order chi connectivity index (χ0) is 24.5. The number of fused-ring (bicyclic) bond motifs is 6. The number of ketones is 1. The Morgan fingerprint density at radius 3 is 2.60 bits per heavy atom. The molecule has 1 amide bonds. The lowest BCUT2D eigenvalue weighted by molar-refractivity contribution is -0.152. The van der Waals surface area contributed by atoms with Crippen molar-refractivity contribution in [1.82, 2.24) is 4.90 Å². The summed E-state index contributed by atoms with van der Waals surface area (Å²) in [5, 5.41) is 3.09. The van der Waals surface area contributed by atoms with E-state index in [0.717, 1.165) is 57.3 Å². The lowest BCUT2D eigenvalue weighted by Gasteiger charge is -2.46. The van der Waals surface area contributed by atoms with Crippen LogP contribution in [0, 0.1) is 29.6 Å². The zero-order valence-corrected chi connectivity index (χ0v) is 21.3. The van der Waals surface area contributed by atoms with Gasteiger partial charge >= 0.3 is 0 Å². The molecule has 9 heteroatoms. The number of Topliss-reactive ketones (excluding diaryl/α,β-unsaturated/α-hetero) is 1. The van der Waals surface area contributed by atoms with Gasteiger partial charge in [-0.15, -0.1) is 4.40 Å². The van der Waals surface area contributed by atoms with Crippen LogP contribution in [0.4, 0.5) is 11.4 Å². The molecule has 2 saturated carbocycles. The van der Waals surface area contributed by atoms with Gasteiger partial charge in [0.1, 0.15) is 10.7 Å². The van der Waals surface area contributed by atoms with Crippen molar-refractivity contribution in [3.63, 3.8) is 0 Å². The van der Waals surface area contributed by atoms with Crippen LogP contribution in [-0.2, 0) is 19.6 Å². The second-order valence-corrected chi connectivity index (χ2v) is 12.9. The summed E-state index contributed by atoms with van der Waals surface area (Å²) in [6.07, 6.45) is 6.10. The monoisotopic (exact) mass is 498 g/mol. The average molecular weight is 499 g/mol. The van der Waals surface area contributed by atoms with E-state index in [4.69, 9.17) is 0 Å².